The average molecular weight is 521 g/mol. The molecule has 36 heavy (non-hydrogen) atoms. The zero-order valence-electron chi connectivity index (χ0n) is 22.1. The lowest BCUT2D eigenvalue weighted by Crippen LogP contribution is -2.30. The molecule has 0 aliphatic heterocycles. The van der Waals surface area contributed by atoms with Crippen LogP contribution in [0.15, 0.2) is 0 Å². The Morgan fingerprint density at radius 3 is 1.25 bits per heavy atom. The minimum Gasteiger partial charge on any atom is -0.462 e. The second-order valence-corrected chi connectivity index (χ2v) is 7.40. The van der Waals surface area contributed by atoms with Crippen LogP contribution in [0.3, 0.4) is 0 Å². The Morgan fingerprint density at radius 2 is 0.889 bits per heavy atom. The fourth-order valence-corrected chi connectivity index (χ4v) is 2.16. The van der Waals surface area contributed by atoms with Crippen molar-refractivity contribution < 1.29 is 57.2 Å². The fraction of sp³-hybridized carbons (Fsp3) is 0.750. The Hall–Kier alpha value is -3.18. The van der Waals surface area contributed by atoms with Crippen LogP contribution in [0.5, 0.6) is 0 Å². The van der Waals surface area contributed by atoms with Gasteiger partial charge in [-0.2, -0.15) is 0 Å². The molecule has 0 N–H and O–H groups in total. The third-order valence-corrected chi connectivity index (χ3v) is 3.88. The predicted octanol–water partition coefficient (Wildman–Crippen LogP) is 2.43. The molecular weight excluding hydrogens is 480 g/mol. The van der Waals surface area contributed by atoms with E-state index in [1.54, 1.807) is 13.8 Å². The molecule has 0 spiro atoms. The van der Waals surface area contributed by atoms with Crippen molar-refractivity contribution in [3.8, 4) is 0 Å². The van der Waals surface area contributed by atoms with E-state index in [-0.39, 0.29) is 51.2 Å². The highest BCUT2D eigenvalue weighted by Gasteiger charge is 2.18. The molecular formula is C24H40O12. The number of hydrogen-bond acceptors (Lipinski definition) is 12. The van der Waals surface area contributed by atoms with Crippen LogP contribution in [0.25, 0.3) is 0 Å². The van der Waals surface area contributed by atoms with E-state index < -0.39 is 36.1 Å². The van der Waals surface area contributed by atoms with E-state index in [1.807, 2.05) is 13.8 Å². The van der Waals surface area contributed by atoms with Crippen LogP contribution in [0, 0.1) is 0 Å². The topological polar surface area (TPSA) is 158 Å². The van der Waals surface area contributed by atoms with Crippen molar-refractivity contribution in [1.29, 1.82) is 0 Å². The first kappa shape index (κ1) is 35.0. The van der Waals surface area contributed by atoms with Gasteiger partial charge in [-0.1, -0.05) is 27.7 Å². The lowest BCUT2D eigenvalue weighted by molar-refractivity contribution is -0.165. The van der Waals surface area contributed by atoms with Crippen LogP contribution in [0.4, 0.5) is 0 Å². The van der Waals surface area contributed by atoms with Gasteiger partial charge in [0.15, 0.2) is 12.2 Å². The Balaban J connectivity index is 0. The first-order chi connectivity index (χ1) is 17.0. The van der Waals surface area contributed by atoms with E-state index in [9.17, 15) is 28.8 Å². The third kappa shape index (κ3) is 22.6. The van der Waals surface area contributed by atoms with Gasteiger partial charge in [-0.3, -0.25) is 28.8 Å². The van der Waals surface area contributed by atoms with Crippen LogP contribution in [-0.2, 0) is 57.2 Å². The molecule has 0 aromatic heterocycles. The van der Waals surface area contributed by atoms with Crippen molar-refractivity contribution >= 4 is 35.8 Å². The lowest BCUT2D eigenvalue weighted by Gasteiger charge is -2.17. The molecule has 12 heteroatoms. The highest BCUT2D eigenvalue weighted by Crippen LogP contribution is 2.02. The molecule has 208 valence electrons. The van der Waals surface area contributed by atoms with Gasteiger partial charge in [-0.05, 0) is 12.8 Å². The zero-order valence-corrected chi connectivity index (χ0v) is 22.1. The molecule has 0 aromatic rings. The monoisotopic (exact) mass is 520 g/mol. The largest absolute Gasteiger partial charge is 0.462 e. The van der Waals surface area contributed by atoms with Crippen LogP contribution >= 0.6 is 0 Å². The SMILES string of the molecule is CCCC(=O)OCC(COC(=O)CC)OC(C)=O.CCCC(=O)OCC(COC(C)=O)OC(=O)CC. The van der Waals surface area contributed by atoms with E-state index in [1.165, 1.54) is 13.8 Å². The van der Waals surface area contributed by atoms with Crippen molar-refractivity contribution in [2.75, 3.05) is 26.4 Å². The zero-order chi connectivity index (χ0) is 27.9. The fourth-order valence-electron chi connectivity index (χ4n) is 2.16. The van der Waals surface area contributed by atoms with Gasteiger partial charge in [0, 0.05) is 39.5 Å². The summed E-state index contributed by atoms with van der Waals surface area (Å²) in [6.07, 6.45) is 0.927. The molecule has 0 fully saturated rings. The number of carbonyl (C=O) groups is 6. The maximum Gasteiger partial charge on any atom is 0.306 e. The van der Waals surface area contributed by atoms with Gasteiger partial charge in [-0.25, -0.2) is 0 Å². The second kappa shape index (κ2) is 22.3. The van der Waals surface area contributed by atoms with Gasteiger partial charge in [-0.15, -0.1) is 0 Å². The molecule has 0 aliphatic rings. The van der Waals surface area contributed by atoms with E-state index in [4.69, 9.17) is 28.4 Å². The summed E-state index contributed by atoms with van der Waals surface area (Å²) in [6.45, 7) is 9.09. The number of ether oxygens (including phenoxy) is 6. The standard InChI is InChI=1S/2C12H20O6/c1-4-6-12(15)17-8-10(18-9(3)13)7-16-11(14)5-2;1-4-6-12(15)17-8-10(7-16-9(3)13)18-11(14)5-2/h2*10H,4-8H2,1-3H3. The Kier molecular flexibility index (Phi) is 21.7. The van der Waals surface area contributed by atoms with Crippen LogP contribution in [0.1, 0.15) is 80.1 Å². The molecule has 12 nitrogen and oxygen atoms in total. The minimum atomic E-state index is -0.751. The average Bonchev–Trinajstić information content (AvgIpc) is 2.82. The summed E-state index contributed by atoms with van der Waals surface area (Å²) in [6, 6.07) is 0. The van der Waals surface area contributed by atoms with E-state index >= 15 is 0 Å². The van der Waals surface area contributed by atoms with E-state index in [0.29, 0.717) is 25.7 Å². The molecule has 0 saturated carbocycles. The van der Waals surface area contributed by atoms with Crippen molar-refractivity contribution in [3.63, 3.8) is 0 Å². The molecule has 0 heterocycles. The number of carbonyl (C=O) groups excluding carboxylic acids is 6. The normalized spacial score (nSPS) is 11.5. The van der Waals surface area contributed by atoms with E-state index in [0.717, 1.165) is 0 Å². The lowest BCUT2D eigenvalue weighted by atomic mass is 10.3. The quantitative estimate of drug-likeness (QED) is 0.216. The number of esters is 6. The molecule has 0 bridgehead atoms. The van der Waals surface area contributed by atoms with Crippen molar-refractivity contribution in [3.05, 3.63) is 0 Å². The van der Waals surface area contributed by atoms with Crippen molar-refractivity contribution in [2.45, 2.75) is 92.3 Å². The molecule has 2 atom stereocenters. The molecule has 0 saturated heterocycles. The van der Waals surface area contributed by atoms with Crippen LogP contribution in [-0.4, -0.2) is 74.5 Å². The third-order valence-electron chi connectivity index (χ3n) is 3.88. The summed E-state index contributed by atoms with van der Waals surface area (Å²) in [7, 11) is 0. The number of rotatable bonds is 16. The first-order valence-corrected chi connectivity index (χ1v) is 12.0. The van der Waals surface area contributed by atoms with E-state index in [2.05, 4.69) is 0 Å². The van der Waals surface area contributed by atoms with Gasteiger partial charge in [0.25, 0.3) is 0 Å². The summed E-state index contributed by atoms with van der Waals surface area (Å²) in [5.74, 6) is -2.55. The summed E-state index contributed by atoms with van der Waals surface area (Å²) in [4.78, 5) is 65.9. The molecule has 0 rings (SSSR count). The number of hydrogen-bond donors (Lipinski definition) is 0. The maximum absolute atomic E-state index is 11.2. The predicted molar refractivity (Wildman–Crippen MR) is 125 cm³/mol. The van der Waals surface area contributed by atoms with Crippen LogP contribution < -0.4 is 0 Å². The smallest absolute Gasteiger partial charge is 0.306 e. The molecule has 0 aromatic carbocycles. The Labute approximate surface area is 212 Å². The molecule has 0 radical (unpaired) electrons. The van der Waals surface area contributed by atoms with Gasteiger partial charge >= 0.3 is 35.8 Å². The molecule has 0 amide bonds. The summed E-state index contributed by atoms with van der Waals surface area (Å²) in [5.41, 5.74) is 0. The first-order valence-electron chi connectivity index (χ1n) is 12.0. The maximum atomic E-state index is 11.2. The Bertz CT molecular complexity index is 689. The summed E-state index contributed by atoms with van der Waals surface area (Å²) < 4.78 is 29.3. The molecule has 2 unspecified atom stereocenters. The van der Waals surface area contributed by atoms with Gasteiger partial charge in [0.2, 0.25) is 0 Å². The highest BCUT2D eigenvalue weighted by molar-refractivity contribution is 5.71. The van der Waals surface area contributed by atoms with Crippen molar-refractivity contribution in [1.82, 2.24) is 0 Å². The van der Waals surface area contributed by atoms with Crippen LogP contribution in [0.2, 0.25) is 0 Å². The Morgan fingerprint density at radius 1 is 0.500 bits per heavy atom. The minimum absolute atomic E-state index is 0.0994. The second-order valence-electron chi connectivity index (χ2n) is 7.40. The van der Waals surface area contributed by atoms with Gasteiger partial charge in [0.1, 0.15) is 26.4 Å². The van der Waals surface area contributed by atoms with Crippen molar-refractivity contribution in [2.24, 2.45) is 0 Å². The van der Waals surface area contributed by atoms with Gasteiger partial charge < -0.3 is 28.4 Å². The summed E-state index contributed by atoms with van der Waals surface area (Å²) >= 11 is 0. The van der Waals surface area contributed by atoms with Gasteiger partial charge in [0.05, 0.1) is 0 Å². The highest BCUT2D eigenvalue weighted by atomic mass is 16.6. The molecule has 0 aliphatic carbocycles. The summed E-state index contributed by atoms with van der Waals surface area (Å²) in [5, 5.41) is 0.